The summed E-state index contributed by atoms with van der Waals surface area (Å²) in [5.41, 5.74) is 2.01. The second-order valence-electron chi connectivity index (χ2n) is 3.67. The van der Waals surface area contributed by atoms with Crippen molar-refractivity contribution in [2.45, 2.75) is 0 Å². The number of rotatable bonds is 2. The average Bonchev–Trinajstić information content (AvgIpc) is 2.83. The molecule has 0 aliphatic carbocycles. The van der Waals surface area contributed by atoms with E-state index in [2.05, 4.69) is 15.1 Å². The third kappa shape index (κ3) is 2.13. The van der Waals surface area contributed by atoms with E-state index in [1.165, 1.54) is 10.7 Å². The van der Waals surface area contributed by atoms with Crippen LogP contribution in [-0.2, 0) is 0 Å². The Labute approximate surface area is 114 Å². The van der Waals surface area contributed by atoms with Gasteiger partial charge in [0.25, 0.3) is 0 Å². The van der Waals surface area contributed by atoms with Gasteiger partial charge >= 0.3 is 5.97 Å². The van der Waals surface area contributed by atoms with Crippen molar-refractivity contribution in [2.75, 3.05) is 0 Å². The second-order valence-corrected chi connectivity index (χ2v) is 3.67. The number of pyridine rings is 1. The van der Waals surface area contributed by atoms with Gasteiger partial charge in [0.1, 0.15) is 5.56 Å². The zero-order chi connectivity index (χ0) is 12.5. The van der Waals surface area contributed by atoms with Crippen molar-refractivity contribution in [3.63, 3.8) is 0 Å². The first-order chi connectivity index (χ1) is 8.77. The number of nitrogens with zero attached hydrogens (tertiary/aromatic N) is 4. The molecule has 19 heavy (non-hydrogen) atoms. The molecule has 0 spiro atoms. The molecule has 6 nitrogen and oxygen atoms in total. The lowest BCUT2D eigenvalue weighted by Crippen LogP contribution is -1.99. The molecule has 96 valence electrons. The maximum absolute atomic E-state index is 11.0. The fraction of sp³-hybridized carbons (Fsp3) is 0. The molecule has 0 fully saturated rings. The summed E-state index contributed by atoms with van der Waals surface area (Å²) < 4.78 is 1.50. The minimum absolute atomic E-state index is 0. The molecule has 0 saturated carbocycles. The number of halogens is 1. The van der Waals surface area contributed by atoms with Crippen molar-refractivity contribution in [1.29, 1.82) is 0 Å². The Kier molecular flexibility index (Phi) is 3.43. The minimum Gasteiger partial charge on any atom is -0.477 e. The molecule has 3 heterocycles. The Morgan fingerprint density at radius 1 is 1.21 bits per heavy atom. The van der Waals surface area contributed by atoms with E-state index in [9.17, 15) is 4.79 Å². The highest BCUT2D eigenvalue weighted by atomic mass is 35.5. The van der Waals surface area contributed by atoms with Gasteiger partial charge < -0.3 is 5.11 Å². The lowest BCUT2D eigenvalue weighted by atomic mass is 10.2. The number of hydrogen-bond donors (Lipinski definition) is 1. The summed E-state index contributed by atoms with van der Waals surface area (Å²) in [6, 6.07) is 5.45. The molecule has 3 rings (SSSR count). The maximum atomic E-state index is 11.0. The number of fused-ring (bicyclic) bond motifs is 1. The summed E-state index contributed by atoms with van der Waals surface area (Å²) >= 11 is 0. The predicted octanol–water partition coefficient (Wildman–Crippen LogP) is 1.91. The second kappa shape index (κ2) is 5.03. The Balaban J connectivity index is 0.00000133. The van der Waals surface area contributed by atoms with E-state index in [0.29, 0.717) is 5.65 Å². The first-order valence-electron chi connectivity index (χ1n) is 5.24. The molecule has 3 aromatic heterocycles. The van der Waals surface area contributed by atoms with E-state index in [4.69, 9.17) is 5.11 Å². The number of aromatic carboxylic acids is 1. The third-order valence-corrected chi connectivity index (χ3v) is 2.59. The summed E-state index contributed by atoms with van der Waals surface area (Å²) in [7, 11) is 0. The fourth-order valence-corrected chi connectivity index (χ4v) is 1.78. The molecule has 7 heteroatoms. The average molecular weight is 277 g/mol. The van der Waals surface area contributed by atoms with Crippen molar-refractivity contribution >= 4 is 24.0 Å². The Morgan fingerprint density at radius 2 is 2.05 bits per heavy atom. The van der Waals surface area contributed by atoms with Gasteiger partial charge in [-0.1, -0.05) is 0 Å². The smallest absolute Gasteiger partial charge is 0.341 e. The van der Waals surface area contributed by atoms with E-state index in [1.54, 1.807) is 24.7 Å². The molecule has 3 aromatic rings. The van der Waals surface area contributed by atoms with Crippen LogP contribution in [0.4, 0.5) is 0 Å². The maximum Gasteiger partial charge on any atom is 0.341 e. The van der Waals surface area contributed by atoms with Gasteiger partial charge in [-0.3, -0.25) is 4.98 Å². The minimum atomic E-state index is -1.04. The van der Waals surface area contributed by atoms with Crippen LogP contribution in [0.3, 0.4) is 0 Å². The topological polar surface area (TPSA) is 80.4 Å². The van der Waals surface area contributed by atoms with Gasteiger partial charge in [0.2, 0.25) is 0 Å². The number of carboxylic acids is 1. The fourth-order valence-electron chi connectivity index (χ4n) is 1.78. The normalized spacial score (nSPS) is 10.1. The van der Waals surface area contributed by atoms with Crippen molar-refractivity contribution < 1.29 is 9.90 Å². The molecule has 0 atom stereocenters. The van der Waals surface area contributed by atoms with Gasteiger partial charge in [-0.25, -0.2) is 14.3 Å². The summed E-state index contributed by atoms with van der Waals surface area (Å²) in [5.74, 6) is -1.04. The van der Waals surface area contributed by atoms with Gasteiger partial charge in [-0.05, 0) is 18.2 Å². The van der Waals surface area contributed by atoms with E-state index >= 15 is 0 Å². The van der Waals surface area contributed by atoms with Gasteiger partial charge in [-0.2, -0.15) is 5.10 Å². The summed E-state index contributed by atoms with van der Waals surface area (Å²) in [6.07, 6.45) is 6.22. The van der Waals surface area contributed by atoms with Crippen LogP contribution in [-0.4, -0.2) is 30.7 Å². The van der Waals surface area contributed by atoms with Crippen LogP contribution in [0.1, 0.15) is 10.4 Å². The molecule has 1 N–H and O–H groups in total. The van der Waals surface area contributed by atoms with E-state index < -0.39 is 5.97 Å². The molecule has 0 aliphatic heterocycles. The van der Waals surface area contributed by atoms with Crippen LogP contribution >= 0.6 is 12.4 Å². The lowest BCUT2D eigenvalue weighted by Gasteiger charge is -2.03. The molecule has 0 amide bonds. The molecule has 0 radical (unpaired) electrons. The van der Waals surface area contributed by atoms with Crippen molar-refractivity contribution in [2.24, 2.45) is 0 Å². The molecular weight excluding hydrogens is 268 g/mol. The molecule has 0 aliphatic rings. The number of carbonyl (C=O) groups is 1. The van der Waals surface area contributed by atoms with Crippen LogP contribution in [0.5, 0.6) is 0 Å². The van der Waals surface area contributed by atoms with Crippen molar-refractivity contribution in [3.8, 4) is 11.3 Å². The van der Waals surface area contributed by atoms with Gasteiger partial charge in [0, 0.05) is 24.2 Å². The molecule has 0 saturated heterocycles. The van der Waals surface area contributed by atoms with Crippen LogP contribution in [0.25, 0.3) is 16.9 Å². The standard InChI is InChI=1S/C12H8N4O2.ClH/c17-12(18)9-7-15-16-10(3-5-14-11(9)16)8-2-1-4-13-6-8;/h1-7H,(H,17,18);1H. The number of carboxylic acid groups (broad SMARTS) is 1. The van der Waals surface area contributed by atoms with Crippen LogP contribution < -0.4 is 0 Å². The lowest BCUT2D eigenvalue weighted by molar-refractivity contribution is 0.0699. The quantitative estimate of drug-likeness (QED) is 0.773. The van der Waals surface area contributed by atoms with Crippen LogP contribution in [0.15, 0.2) is 43.0 Å². The van der Waals surface area contributed by atoms with Gasteiger partial charge in [0.15, 0.2) is 5.65 Å². The first-order valence-corrected chi connectivity index (χ1v) is 5.24. The van der Waals surface area contributed by atoms with Gasteiger partial charge in [-0.15, -0.1) is 12.4 Å². The SMILES string of the molecule is Cl.O=C(O)c1cnn2c(-c3cccnc3)ccnc12. The van der Waals surface area contributed by atoms with Crippen LogP contribution in [0.2, 0.25) is 0 Å². The summed E-state index contributed by atoms with van der Waals surface area (Å²) in [4.78, 5) is 19.1. The monoisotopic (exact) mass is 276 g/mol. The predicted molar refractivity (Wildman–Crippen MR) is 70.4 cm³/mol. The molecular formula is C12H9ClN4O2. The van der Waals surface area contributed by atoms with Gasteiger partial charge in [0.05, 0.1) is 11.9 Å². The zero-order valence-corrected chi connectivity index (χ0v) is 10.4. The highest BCUT2D eigenvalue weighted by Gasteiger charge is 2.14. The Morgan fingerprint density at radius 3 is 2.74 bits per heavy atom. The Hall–Kier alpha value is -2.47. The van der Waals surface area contributed by atoms with Crippen molar-refractivity contribution in [1.82, 2.24) is 19.6 Å². The zero-order valence-electron chi connectivity index (χ0n) is 9.59. The largest absolute Gasteiger partial charge is 0.477 e. The molecule has 0 bridgehead atoms. The number of hydrogen-bond acceptors (Lipinski definition) is 4. The van der Waals surface area contributed by atoms with Crippen molar-refractivity contribution in [3.05, 3.63) is 48.5 Å². The highest BCUT2D eigenvalue weighted by molar-refractivity contribution is 5.94. The molecule has 0 aromatic carbocycles. The molecule has 0 unspecified atom stereocenters. The van der Waals surface area contributed by atoms with Crippen LogP contribution in [0, 0.1) is 0 Å². The summed E-state index contributed by atoms with van der Waals surface area (Å²) in [6.45, 7) is 0. The first kappa shape index (κ1) is 13.0. The van der Waals surface area contributed by atoms with E-state index in [1.807, 2.05) is 12.1 Å². The number of aromatic nitrogens is 4. The van der Waals surface area contributed by atoms with E-state index in [0.717, 1.165) is 11.3 Å². The highest BCUT2D eigenvalue weighted by Crippen LogP contribution is 2.19. The Bertz CT molecular complexity index is 727. The summed E-state index contributed by atoms with van der Waals surface area (Å²) in [5, 5.41) is 13.1. The van der Waals surface area contributed by atoms with E-state index in [-0.39, 0.29) is 18.0 Å². The third-order valence-electron chi connectivity index (χ3n) is 2.59.